The molecule has 0 N–H and O–H groups in total. The lowest BCUT2D eigenvalue weighted by Crippen LogP contribution is -2.06. The van der Waals surface area contributed by atoms with Gasteiger partial charge in [-0.15, -0.1) is 0 Å². The van der Waals surface area contributed by atoms with Crippen LogP contribution in [0.15, 0.2) is 95.7 Å². The molecule has 5 nitrogen and oxygen atoms in total. The molecule has 158 valence electrons. The van der Waals surface area contributed by atoms with E-state index in [-0.39, 0.29) is 0 Å². The molecule has 0 saturated carbocycles. The lowest BCUT2D eigenvalue weighted by Gasteiger charge is -2.09. The Hall–Kier alpha value is -3.64. The van der Waals surface area contributed by atoms with Crippen LogP contribution in [0.5, 0.6) is 5.75 Å². The van der Waals surface area contributed by atoms with Crippen LogP contribution in [0, 0.1) is 6.92 Å². The van der Waals surface area contributed by atoms with Crippen molar-refractivity contribution in [1.29, 1.82) is 0 Å². The molecule has 0 aliphatic heterocycles. The van der Waals surface area contributed by atoms with E-state index in [1.165, 1.54) is 11.6 Å². The topological polar surface area (TPSA) is 69.7 Å². The summed E-state index contributed by atoms with van der Waals surface area (Å²) in [5, 5.41) is 1.36. The van der Waals surface area contributed by atoms with Gasteiger partial charge in [0.25, 0.3) is 0 Å². The third-order valence-corrected chi connectivity index (χ3v) is 5.72. The number of halogens is 1. The second kappa shape index (κ2) is 8.13. The molecular weight excluding hydrogens is 472 g/mol. The average molecular weight is 489 g/mol. The van der Waals surface area contributed by atoms with E-state index in [1.54, 1.807) is 36.4 Å². The normalized spacial score (nSPS) is 11.2. The van der Waals surface area contributed by atoms with Crippen LogP contribution in [0.2, 0.25) is 0 Å². The Bertz CT molecular complexity index is 1580. The summed E-state index contributed by atoms with van der Waals surface area (Å²) in [5.74, 6) is 0.563. The van der Waals surface area contributed by atoms with E-state index in [2.05, 4.69) is 15.9 Å². The standard InChI is InChI=1S/C26H17BrO5/c1-15-2-4-16(5-3-15)14-30-19-7-8-20-21(13-25(28)31-24(20)12-19)22-11-17-10-18(27)6-9-23(17)32-26(22)29/h2-13H,14H2,1H3. The molecule has 5 aromatic rings. The highest BCUT2D eigenvalue weighted by Crippen LogP contribution is 2.30. The van der Waals surface area contributed by atoms with E-state index in [1.807, 2.05) is 37.3 Å². The van der Waals surface area contributed by atoms with E-state index in [4.69, 9.17) is 13.6 Å². The van der Waals surface area contributed by atoms with E-state index in [0.717, 1.165) is 15.4 Å². The van der Waals surface area contributed by atoms with Crippen LogP contribution in [-0.2, 0) is 6.61 Å². The van der Waals surface area contributed by atoms with Gasteiger partial charge in [-0.3, -0.25) is 0 Å². The van der Waals surface area contributed by atoms with Gasteiger partial charge in [0.15, 0.2) is 0 Å². The fourth-order valence-corrected chi connectivity index (χ4v) is 3.97. The molecule has 0 amide bonds. The maximum atomic E-state index is 12.7. The number of hydrogen-bond donors (Lipinski definition) is 0. The molecule has 0 saturated heterocycles. The van der Waals surface area contributed by atoms with Gasteiger partial charge in [0.05, 0.1) is 5.56 Å². The highest BCUT2D eigenvalue weighted by molar-refractivity contribution is 9.10. The van der Waals surface area contributed by atoms with Crippen LogP contribution in [-0.4, -0.2) is 0 Å². The third-order valence-electron chi connectivity index (χ3n) is 5.23. The minimum absolute atomic E-state index is 0.293. The van der Waals surface area contributed by atoms with Crippen LogP contribution in [0.4, 0.5) is 0 Å². The van der Waals surface area contributed by atoms with Crippen molar-refractivity contribution in [2.24, 2.45) is 0 Å². The highest BCUT2D eigenvalue weighted by Gasteiger charge is 2.14. The minimum Gasteiger partial charge on any atom is -0.489 e. The Morgan fingerprint density at radius 1 is 0.812 bits per heavy atom. The van der Waals surface area contributed by atoms with Crippen LogP contribution in [0.3, 0.4) is 0 Å². The molecule has 6 heteroatoms. The van der Waals surface area contributed by atoms with E-state index in [0.29, 0.717) is 40.0 Å². The van der Waals surface area contributed by atoms with Gasteiger partial charge < -0.3 is 13.6 Å². The minimum atomic E-state index is -0.558. The van der Waals surface area contributed by atoms with Crippen LogP contribution in [0.25, 0.3) is 33.1 Å². The summed E-state index contributed by atoms with van der Waals surface area (Å²) in [6.07, 6.45) is 0. The van der Waals surface area contributed by atoms with Gasteiger partial charge >= 0.3 is 11.3 Å². The van der Waals surface area contributed by atoms with Crippen molar-refractivity contribution in [1.82, 2.24) is 0 Å². The predicted octanol–water partition coefficient (Wildman–Crippen LogP) is 6.22. The van der Waals surface area contributed by atoms with Crippen LogP contribution in [0.1, 0.15) is 11.1 Å². The number of fused-ring (bicyclic) bond motifs is 2. The summed E-state index contributed by atoms with van der Waals surface area (Å²) >= 11 is 3.43. The fourth-order valence-electron chi connectivity index (χ4n) is 3.59. The molecule has 2 heterocycles. The Balaban J connectivity index is 1.56. The van der Waals surface area contributed by atoms with Crippen LogP contribution < -0.4 is 16.0 Å². The zero-order chi connectivity index (χ0) is 22.2. The van der Waals surface area contributed by atoms with E-state index < -0.39 is 11.3 Å². The molecule has 0 spiro atoms. The van der Waals surface area contributed by atoms with Crippen molar-refractivity contribution in [3.05, 3.63) is 109 Å². The second-order valence-corrected chi connectivity index (χ2v) is 8.46. The second-order valence-electron chi connectivity index (χ2n) is 7.54. The summed E-state index contributed by atoms with van der Waals surface area (Å²) in [5.41, 5.74) is 2.69. The quantitative estimate of drug-likeness (QED) is 0.281. The van der Waals surface area contributed by atoms with Gasteiger partial charge in [-0.25, -0.2) is 9.59 Å². The van der Waals surface area contributed by atoms with Crippen molar-refractivity contribution in [3.8, 4) is 16.9 Å². The molecule has 3 aromatic carbocycles. The van der Waals surface area contributed by atoms with Crippen molar-refractivity contribution in [2.75, 3.05) is 0 Å². The number of ether oxygens (including phenoxy) is 1. The Labute approximate surface area is 191 Å². The molecule has 32 heavy (non-hydrogen) atoms. The smallest absolute Gasteiger partial charge is 0.344 e. The summed E-state index contributed by atoms with van der Waals surface area (Å²) in [7, 11) is 0. The van der Waals surface area contributed by atoms with Crippen molar-refractivity contribution >= 4 is 37.9 Å². The van der Waals surface area contributed by atoms with E-state index >= 15 is 0 Å². The summed E-state index contributed by atoms with van der Waals surface area (Å²) in [6, 6.07) is 21.7. The zero-order valence-corrected chi connectivity index (χ0v) is 18.6. The molecule has 0 aliphatic rings. The molecule has 2 aromatic heterocycles. The maximum Gasteiger partial charge on any atom is 0.344 e. The number of rotatable bonds is 4. The summed E-state index contributed by atoms with van der Waals surface area (Å²) in [6.45, 7) is 2.42. The molecule has 0 fully saturated rings. The Kier molecular flexibility index (Phi) is 5.15. The molecule has 0 bridgehead atoms. The van der Waals surface area contributed by atoms with Crippen molar-refractivity contribution < 1.29 is 13.6 Å². The van der Waals surface area contributed by atoms with Gasteiger partial charge in [0.1, 0.15) is 23.5 Å². The molecule has 0 atom stereocenters. The number of benzene rings is 3. The predicted molar refractivity (Wildman–Crippen MR) is 127 cm³/mol. The third kappa shape index (κ3) is 3.97. The van der Waals surface area contributed by atoms with Gasteiger partial charge in [-0.05, 0) is 48.9 Å². The molecular formula is C26H17BrO5. The lowest BCUT2D eigenvalue weighted by molar-refractivity contribution is 0.306. The van der Waals surface area contributed by atoms with Crippen molar-refractivity contribution in [2.45, 2.75) is 13.5 Å². The number of aryl methyl sites for hydroxylation is 1. The Morgan fingerprint density at radius 2 is 1.62 bits per heavy atom. The van der Waals surface area contributed by atoms with Crippen LogP contribution >= 0.6 is 15.9 Å². The first-order chi connectivity index (χ1) is 15.5. The summed E-state index contributed by atoms with van der Waals surface area (Å²) < 4.78 is 17.6. The first kappa shape index (κ1) is 20.3. The largest absolute Gasteiger partial charge is 0.489 e. The Morgan fingerprint density at radius 3 is 2.44 bits per heavy atom. The first-order valence-corrected chi connectivity index (χ1v) is 10.8. The SMILES string of the molecule is Cc1ccc(COc2ccc3c(-c4cc5cc(Br)ccc5oc4=O)cc(=O)oc3c2)cc1. The van der Waals surface area contributed by atoms with Gasteiger partial charge in [-0.1, -0.05) is 45.8 Å². The molecule has 5 rings (SSSR count). The average Bonchev–Trinajstić information content (AvgIpc) is 2.78. The number of hydrogen-bond acceptors (Lipinski definition) is 5. The lowest BCUT2D eigenvalue weighted by atomic mass is 10.0. The molecule has 0 radical (unpaired) electrons. The van der Waals surface area contributed by atoms with Gasteiger partial charge in [-0.2, -0.15) is 0 Å². The first-order valence-electron chi connectivity index (χ1n) is 9.96. The zero-order valence-electron chi connectivity index (χ0n) is 17.1. The molecule has 0 unspecified atom stereocenters. The fraction of sp³-hybridized carbons (Fsp3) is 0.0769. The van der Waals surface area contributed by atoms with Crippen molar-refractivity contribution in [3.63, 3.8) is 0 Å². The maximum absolute atomic E-state index is 12.7. The van der Waals surface area contributed by atoms with E-state index in [9.17, 15) is 9.59 Å². The van der Waals surface area contributed by atoms with Gasteiger partial charge in [0, 0.05) is 32.9 Å². The van der Waals surface area contributed by atoms with Gasteiger partial charge in [0.2, 0.25) is 0 Å². The summed E-state index contributed by atoms with van der Waals surface area (Å²) in [4.78, 5) is 25.0. The molecule has 0 aliphatic carbocycles. The monoisotopic (exact) mass is 488 g/mol. The highest BCUT2D eigenvalue weighted by atomic mass is 79.9.